The molecule has 0 saturated carbocycles. The van der Waals surface area contributed by atoms with Gasteiger partial charge in [-0.1, -0.05) is 24.3 Å². The quantitative estimate of drug-likeness (QED) is 0.382. The minimum Gasteiger partial charge on any atom is -0.507 e. The first-order chi connectivity index (χ1) is 13.6. The summed E-state index contributed by atoms with van der Waals surface area (Å²) in [5.41, 5.74) is 4.43. The number of rotatable bonds is 7. The molecule has 0 fully saturated rings. The highest BCUT2D eigenvalue weighted by molar-refractivity contribution is 7.85. The van der Waals surface area contributed by atoms with Crippen LogP contribution in [0.4, 0.5) is 5.69 Å². The lowest BCUT2D eigenvalue weighted by atomic mass is 9.81. The van der Waals surface area contributed by atoms with Crippen LogP contribution in [0.1, 0.15) is 37.0 Å². The fourth-order valence-electron chi connectivity index (χ4n) is 3.78. The number of alkyl halides is 1. The molecule has 0 saturated heterocycles. The molecule has 0 radical (unpaired) electrons. The van der Waals surface area contributed by atoms with Gasteiger partial charge in [0, 0.05) is 35.6 Å². The largest absolute Gasteiger partial charge is 0.507 e. The summed E-state index contributed by atoms with van der Waals surface area (Å²) in [6.45, 7) is 4.68. The average Bonchev–Trinajstić information content (AvgIpc) is 2.87. The molecular formula is C22H25ClNO4S+. The molecule has 0 unspecified atom stereocenters. The van der Waals surface area contributed by atoms with Gasteiger partial charge in [0.1, 0.15) is 12.3 Å². The van der Waals surface area contributed by atoms with E-state index >= 15 is 0 Å². The summed E-state index contributed by atoms with van der Waals surface area (Å²) >= 11 is 5.91. The summed E-state index contributed by atoms with van der Waals surface area (Å²) in [6.07, 6.45) is 4.11. The van der Waals surface area contributed by atoms with Crippen LogP contribution in [0.3, 0.4) is 0 Å². The second-order valence-corrected chi connectivity index (χ2v) is 9.52. The minimum atomic E-state index is -4.01. The first-order valence-electron chi connectivity index (χ1n) is 9.39. The number of nitrogens with zero attached hydrogens (tertiary/aromatic N) is 1. The molecule has 1 heterocycles. The lowest BCUT2D eigenvalue weighted by Crippen LogP contribution is -2.28. The molecule has 0 bridgehead atoms. The van der Waals surface area contributed by atoms with Crippen molar-refractivity contribution in [3.8, 4) is 5.75 Å². The molecule has 0 atom stereocenters. The van der Waals surface area contributed by atoms with E-state index in [1.165, 1.54) is 0 Å². The Kier molecular flexibility index (Phi) is 6.17. The smallest absolute Gasteiger partial charge is 0.265 e. The highest BCUT2D eigenvalue weighted by atomic mass is 35.5. The number of halogens is 1. The normalized spacial score (nSPS) is 15.9. The van der Waals surface area contributed by atoms with E-state index in [1.807, 2.05) is 36.4 Å². The van der Waals surface area contributed by atoms with Crippen LogP contribution < -0.4 is 0 Å². The van der Waals surface area contributed by atoms with Gasteiger partial charge in [-0.05, 0) is 37.6 Å². The van der Waals surface area contributed by atoms with E-state index in [-0.39, 0.29) is 16.9 Å². The molecule has 29 heavy (non-hydrogen) atoms. The Bertz CT molecular complexity index is 1090. The van der Waals surface area contributed by atoms with Gasteiger partial charge in [-0.15, -0.1) is 11.6 Å². The standard InChI is InChI=1S/C22H24ClNO4S/c1-22(2)18-6-3-4-7-19(18)24(12-5-13-29(26,27)28)21(22)11-9-17-14-16(15-23)8-10-20(17)25/h3-4,6-11,14H,5,12-13,15H2,1-2H3,(H,26,27,28)/p+1. The van der Waals surface area contributed by atoms with Crippen molar-refractivity contribution in [2.75, 3.05) is 12.3 Å². The van der Waals surface area contributed by atoms with Crippen LogP contribution in [0.5, 0.6) is 5.75 Å². The summed E-state index contributed by atoms with van der Waals surface area (Å²) in [4.78, 5) is 0. The number of phenolic OH excluding ortho intramolecular Hbond substituents is 1. The Morgan fingerprint density at radius 3 is 2.55 bits per heavy atom. The van der Waals surface area contributed by atoms with Crippen LogP contribution in [0.25, 0.3) is 6.08 Å². The van der Waals surface area contributed by atoms with E-state index in [1.54, 1.807) is 12.1 Å². The minimum absolute atomic E-state index is 0.168. The molecule has 2 aromatic carbocycles. The van der Waals surface area contributed by atoms with Crippen molar-refractivity contribution >= 4 is 39.2 Å². The van der Waals surface area contributed by atoms with E-state index in [0.29, 0.717) is 24.4 Å². The van der Waals surface area contributed by atoms with Crippen molar-refractivity contribution < 1.29 is 22.7 Å². The molecule has 0 aliphatic carbocycles. The number of hydrogen-bond acceptors (Lipinski definition) is 3. The Labute approximate surface area is 176 Å². The van der Waals surface area contributed by atoms with Crippen LogP contribution in [-0.4, -0.2) is 40.7 Å². The zero-order valence-electron chi connectivity index (χ0n) is 16.5. The summed E-state index contributed by atoms with van der Waals surface area (Å²) < 4.78 is 33.5. The zero-order chi connectivity index (χ0) is 21.2. The lowest BCUT2D eigenvalue weighted by molar-refractivity contribution is -0.437. The number of allylic oxidation sites excluding steroid dienone is 1. The number of hydrogen-bond donors (Lipinski definition) is 2. The molecule has 0 amide bonds. The summed E-state index contributed by atoms with van der Waals surface area (Å²) in [5.74, 6) is 0.236. The monoisotopic (exact) mass is 434 g/mol. The number of benzene rings is 2. The molecule has 5 nitrogen and oxygen atoms in total. The molecule has 2 aromatic rings. The van der Waals surface area contributed by atoms with E-state index in [0.717, 1.165) is 22.5 Å². The fourth-order valence-corrected chi connectivity index (χ4v) is 4.44. The Morgan fingerprint density at radius 1 is 1.14 bits per heavy atom. The Morgan fingerprint density at radius 2 is 1.86 bits per heavy atom. The van der Waals surface area contributed by atoms with Gasteiger partial charge in [0.05, 0.1) is 11.2 Å². The van der Waals surface area contributed by atoms with Gasteiger partial charge < -0.3 is 5.11 Å². The second-order valence-electron chi connectivity index (χ2n) is 7.68. The van der Waals surface area contributed by atoms with Crippen molar-refractivity contribution in [2.24, 2.45) is 0 Å². The number of aromatic hydroxyl groups is 1. The van der Waals surface area contributed by atoms with Crippen molar-refractivity contribution in [1.82, 2.24) is 0 Å². The molecule has 2 N–H and O–H groups in total. The molecule has 1 aliphatic heterocycles. The number of fused-ring (bicyclic) bond motifs is 1. The van der Waals surface area contributed by atoms with Gasteiger partial charge >= 0.3 is 0 Å². The SMILES string of the molecule is CC1(C)C(/C=C/c2cc(CCl)ccc2O)=[N+](CCCS(=O)(=O)O)c2ccccc21. The summed E-state index contributed by atoms with van der Waals surface area (Å²) in [6, 6.07) is 13.3. The maximum Gasteiger partial charge on any atom is 0.265 e. The third-order valence-corrected chi connectivity index (χ3v) is 6.36. The molecule has 7 heteroatoms. The van der Waals surface area contributed by atoms with E-state index in [2.05, 4.69) is 24.5 Å². The second kappa shape index (κ2) is 8.30. The van der Waals surface area contributed by atoms with Crippen molar-refractivity contribution in [1.29, 1.82) is 0 Å². The Hall–Kier alpha value is -2.15. The average molecular weight is 435 g/mol. The van der Waals surface area contributed by atoms with Crippen LogP contribution in [0.2, 0.25) is 0 Å². The number of phenols is 1. The maximum absolute atomic E-state index is 11.1. The van der Waals surface area contributed by atoms with Crippen LogP contribution in [0, 0.1) is 0 Å². The number of para-hydroxylation sites is 1. The third-order valence-electron chi connectivity index (χ3n) is 5.25. The summed E-state index contributed by atoms with van der Waals surface area (Å²) in [5, 5.41) is 10.2. The predicted molar refractivity (Wildman–Crippen MR) is 117 cm³/mol. The van der Waals surface area contributed by atoms with Gasteiger partial charge in [-0.2, -0.15) is 13.0 Å². The lowest BCUT2D eigenvalue weighted by Gasteiger charge is -2.15. The zero-order valence-corrected chi connectivity index (χ0v) is 18.0. The van der Waals surface area contributed by atoms with Gasteiger partial charge in [-0.25, -0.2) is 0 Å². The van der Waals surface area contributed by atoms with Gasteiger partial charge in [0.2, 0.25) is 5.69 Å². The van der Waals surface area contributed by atoms with Crippen molar-refractivity contribution in [3.63, 3.8) is 0 Å². The van der Waals surface area contributed by atoms with Crippen molar-refractivity contribution in [3.05, 3.63) is 65.2 Å². The molecule has 0 aromatic heterocycles. The third kappa shape index (κ3) is 4.71. The van der Waals surface area contributed by atoms with Crippen LogP contribution in [-0.2, 0) is 21.4 Å². The van der Waals surface area contributed by atoms with Gasteiger partial charge in [0.15, 0.2) is 5.71 Å². The first kappa shape index (κ1) is 21.6. The first-order valence-corrected chi connectivity index (χ1v) is 11.5. The van der Waals surface area contributed by atoms with E-state index in [9.17, 15) is 13.5 Å². The van der Waals surface area contributed by atoms with Gasteiger partial charge in [0.25, 0.3) is 10.1 Å². The topological polar surface area (TPSA) is 77.6 Å². The van der Waals surface area contributed by atoms with Crippen molar-refractivity contribution in [2.45, 2.75) is 31.6 Å². The van der Waals surface area contributed by atoms with E-state index < -0.39 is 10.1 Å². The summed E-state index contributed by atoms with van der Waals surface area (Å²) in [7, 11) is -4.01. The Balaban J connectivity index is 2.02. The molecule has 3 rings (SSSR count). The molecular weight excluding hydrogens is 410 g/mol. The van der Waals surface area contributed by atoms with Crippen LogP contribution >= 0.6 is 11.6 Å². The fraction of sp³-hybridized carbons (Fsp3) is 0.318. The molecule has 1 aliphatic rings. The van der Waals surface area contributed by atoms with Gasteiger partial charge in [-0.3, -0.25) is 4.55 Å². The molecule has 0 spiro atoms. The highest BCUT2D eigenvalue weighted by Gasteiger charge is 2.43. The van der Waals surface area contributed by atoms with E-state index in [4.69, 9.17) is 16.2 Å². The maximum atomic E-state index is 11.1. The van der Waals surface area contributed by atoms with Crippen LogP contribution in [0.15, 0.2) is 48.5 Å². The predicted octanol–water partition coefficient (Wildman–Crippen LogP) is 4.50. The molecule has 154 valence electrons. The highest BCUT2D eigenvalue weighted by Crippen LogP contribution is 2.40.